The van der Waals surface area contributed by atoms with E-state index in [4.69, 9.17) is 14.2 Å². The monoisotopic (exact) mass is 580 g/mol. The number of hydrogen-bond acceptors (Lipinski definition) is 8. The lowest BCUT2D eigenvalue weighted by atomic mass is 9.49. The highest BCUT2D eigenvalue weighted by Gasteiger charge is 2.73. The van der Waals surface area contributed by atoms with Crippen LogP contribution in [0.5, 0.6) is 23.0 Å². The van der Waals surface area contributed by atoms with Crippen LogP contribution in [-0.2, 0) is 16.6 Å². The molecule has 9 rings (SSSR count). The number of hydrogen-bond donors (Lipinski definition) is 4. The van der Waals surface area contributed by atoms with Crippen LogP contribution in [0.25, 0.3) is 11.1 Å². The van der Waals surface area contributed by atoms with Crippen LogP contribution in [0.2, 0.25) is 0 Å². The quantitative estimate of drug-likeness (QED) is 0.350. The average Bonchev–Trinajstić information content (AvgIpc) is 3.56. The SMILES string of the molecule is O=C(Nc1cccc(-c2ccc3c(c2)OCO3)c1)C1=C(O)[C@@H]2Oc3c(O)ccc4c3[C@@]23CCN(CC2CC2)[C@H](C4)[C@]3(O)C1. The number of nitrogens with zero attached hydrogens (tertiary/aromatic N) is 1. The minimum atomic E-state index is -1.36. The number of aromatic hydroxyl groups is 1. The molecule has 9 nitrogen and oxygen atoms in total. The minimum absolute atomic E-state index is 0.00719. The fourth-order valence-corrected chi connectivity index (χ4v) is 8.43. The molecule has 3 aromatic rings. The number of anilines is 1. The molecular formula is C34H32N2O7. The highest BCUT2D eigenvalue weighted by atomic mass is 16.7. The van der Waals surface area contributed by atoms with Crippen LogP contribution in [-0.4, -0.2) is 63.8 Å². The third-order valence-corrected chi connectivity index (χ3v) is 10.6. The second-order valence-electron chi connectivity index (χ2n) is 12.9. The van der Waals surface area contributed by atoms with Crippen molar-refractivity contribution in [3.05, 3.63) is 77.1 Å². The highest BCUT2D eigenvalue weighted by molar-refractivity contribution is 6.05. The Morgan fingerprint density at radius 2 is 1.86 bits per heavy atom. The molecule has 3 aromatic carbocycles. The van der Waals surface area contributed by atoms with Crippen LogP contribution < -0.4 is 19.5 Å². The number of piperidine rings is 1. The van der Waals surface area contributed by atoms with Crippen molar-refractivity contribution in [2.45, 2.75) is 55.3 Å². The molecular weight excluding hydrogens is 548 g/mol. The summed E-state index contributed by atoms with van der Waals surface area (Å²) in [6.07, 6.45) is 2.60. The molecule has 0 aromatic heterocycles. The van der Waals surface area contributed by atoms with Crippen molar-refractivity contribution in [3.63, 3.8) is 0 Å². The molecule has 3 heterocycles. The summed E-state index contributed by atoms with van der Waals surface area (Å²) in [5.41, 5.74) is 2.00. The van der Waals surface area contributed by atoms with Crippen LogP contribution in [0.3, 0.4) is 0 Å². The van der Waals surface area contributed by atoms with Gasteiger partial charge in [-0.05, 0) is 85.2 Å². The number of carbonyl (C=O) groups excluding carboxylic acids is 1. The Labute approximate surface area is 248 Å². The van der Waals surface area contributed by atoms with E-state index in [2.05, 4.69) is 10.2 Å². The smallest absolute Gasteiger partial charge is 0.255 e. The van der Waals surface area contributed by atoms with Crippen LogP contribution in [0, 0.1) is 5.92 Å². The molecule has 0 radical (unpaired) electrons. The molecule has 1 saturated carbocycles. The summed E-state index contributed by atoms with van der Waals surface area (Å²) in [4.78, 5) is 16.3. The van der Waals surface area contributed by atoms with Gasteiger partial charge in [0.15, 0.2) is 29.1 Å². The molecule has 6 aliphatic rings. The molecule has 1 saturated heterocycles. The van der Waals surface area contributed by atoms with Crippen molar-refractivity contribution in [2.75, 3.05) is 25.2 Å². The Kier molecular flexibility index (Phi) is 5.10. The average molecular weight is 581 g/mol. The maximum absolute atomic E-state index is 13.9. The highest BCUT2D eigenvalue weighted by Crippen LogP contribution is 2.66. The van der Waals surface area contributed by atoms with Gasteiger partial charge in [0.1, 0.15) is 5.76 Å². The number of aliphatic hydroxyl groups excluding tert-OH is 1. The standard InChI is InChI=1S/C34H32N2O7/c37-24-8-6-21-14-27-34(40)15-23(29(38)31-33(34,28(21)30(24)43-31)10-11-36(27)16-18-4-5-18)32(39)35-22-3-1-2-19(12-22)20-7-9-25-26(13-20)42-17-41-25/h1-3,6-9,12-13,18,27,31,37-38,40H,4-5,10-11,14-17H2,(H,35,39)/t27-,31+,33+,34-/m1/s1. The number of phenolic OH excluding ortho intramolecular Hbond substituents is 1. The van der Waals surface area contributed by atoms with E-state index in [1.807, 2.05) is 42.5 Å². The van der Waals surface area contributed by atoms with Gasteiger partial charge in [-0.3, -0.25) is 9.69 Å². The van der Waals surface area contributed by atoms with Gasteiger partial charge < -0.3 is 34.8 Å². The molecule has 4 N–H and O–H groups in total. The van der Waals surface area contributed by atoms with E-state index in [1.165, 1.54) is 12.8 Å². The number of phenols is 1. The molecule has 9 heteroatoms. The Balaban J connectivity index is 1.08. The number of ether oxygens (including phenoxy) is 3. The minimum Gasteiger partial charge on any atom is -0.508 e. The molecule has 0 unspecified atom stereocenters. The van der Waals surface area contributed by atoms with E-state index in [9.17, 15) is 20.1 Å². The molecule has 3 aliphatic carbocycles. The summed E-state index contributed by atoms with van der Waals surface area (Å²) < 4.78 is 17.3. The van der Waals surface area contributed by atoms with E-state index in [-0.39, 0.29) is 36.3 Å². The first-order chi connectivity index (χ1) is 20.9. The lowest BCUT2D eigenvalue weighted by molar-refractivity contribution is -0.172. The lowest BCUT2D eigenvalue weighted by Crippen LogP contribution is -2.75. The maximum Gasteiger partial charge on any atom is 0.255 e. The first-order valence-corrected chi connectivity index (χ1v) is 15.1. The number of rotatable bonds is 5. The number of nitrogens with one attached hydrogen (secondary N) is 1. The third-order valence-electron chi connectivity index (χ3n) is 10.6. The normalized spacial score (nSPS) is 29.7. The van der Waals surface area contributed by atoms with E-state index in [1.54, 1.807) is 12.1 Å². The fourth-order valence-electron chi connectivity index (χ4n) is 8.43. The van der Waals surface area contributed by atoms with Crippen molar-refractivity contribution in [1.29, 1.82) is 0 Å². The van der Waals surface area contributed by atoms with Crippen molar-refractivity contribution < 1.29 is 34.3 Å². The predicted molar refractivity (Wildman–Crippen MR) is 156 cm³/mol. The van der Waals surface area contributed by atoms with Crippen molar-refractivity contribution in [3.8, 4) is 34.1 Å². The van der Waals surface area contributed by atoms with Crippen LogP contribution in [0.15, 0.2) is 65.9 Å². The lowest BCUT2D eigenvalue weighted by Gasteiger charge is -2.62. The number of amides is 1. The van der Waals surface area contributed by atoms with E-state index < -0.39 is 23.0 Å². The second kappa shape index (κ2) is 8.67. The Hall–Kier alpha value is -4.21. The maximum atomic E-state index is 13.9. The third kappa shape index (κ3) is 3.43. The summed E-state index contributed by atoms with van der Waals surface area (Å²) in [7, 11) is 0. The predicted octanol–water partition coefficient (Wildman–Crippen LogP) is 4.41. The molecule has 1 spiro atoms. The zero-order valence-corrected chi connectivity index (χ0v) is 23.5. The van der Waals surface area contributed by atoms with Crippen LogP contribution >= 0.6 is 0 Å². The Bertz CT molecular complexity index is 1750. The van der Waals surface area contributed by atoms with Crippen LogP contribution in [0.4, 0.5) is 5.69 Å². The van der Waals surface area contributed by atoms with Crippen molar-refractivity contribution in [1.82, 2.24) is 4.90 Å². The largest absolute Gasteiger partial charge is 0.508 e. The van der Waals surface area contributed by atoms with Gasteiger partial charge in [0.25, 0.3) is 5.91 Å². The Morgan fingerprint density at radius 3 is 2.72 bits per heavy atom. The van der Waals surface area contributed by atoms with Gasteiger partial charge in [-0.1, -0.05) is 24.3 Å². The number of likely N-dealkylation sites (tertiary alicyclic amines) is 1. The molecule has 2 bridgehead atoms. The molecule has 2 fully saturated rings. The summed E-state index contributed by atoms with van der Waals surface area (Å²) in [6, 6.07) is 16.5. The molecule has 4 atom stereocenters. The summed E-state index contributed by atoms with van der Waals surface area (Å²) in [6.45, 7) is 1.87. The first kappa shape index (κ1) is 25.3. The summed E-state index contributed by atoms with van der Waals surface area (Å²) in [5.74, 6) is 1.66. The molecule has 1 amide bonds. The fraction of sp³-hybridized carbons (Fsp3) is 0.382. The van der Waals surface area contributed by atoms with Gasteiger partial charge in [0.05, 0.1) is 16.6 Å². The van der Waals surface area contributed by atoms with E-state index >= 15 is 0 Å². The molecule has 3 aliphatic heterocycles. The molecule has 220 valence electrons. The van der Waals surface area contributed by atoms with E-state index in [0.717, 1.165) is 35.3 Å². The summed E-state index contributed by atoms with van der Waals surface area (Å²) >= 11 is 0. The van der Waals surface area contributed by atoms with Gasteiger partial charge in [0, 0.05) is 30.3 Å². The van der Waals surface area contributed by atoms with Gasteiger partial charge >= 0.3 is 0 Å². The van der Waals surface area contributed by atoms with Gasteiger partial charge in [0.2, 0.25) is 6.79 Å². The number of carbonyl (C=O) groups is 1. The zero-order chi connectivity index (χ0) is 29.1. The zero-order valence-electron chi connectivity index (χ0n) is 23.5. The van der Waals surface area contributed by atoms with Gasteiger partial charge in [-0.2, -0.15) is 0 Å². The van der Waals surface area contributed by atoms with Crippen molar-refractivity contribution >= 4 is 11.6 Å². The molecule has 43 heavy (non-hydrogen) atoms. The van der Waals surface area contributed by atoms with Crippen molar-refractivity contribution in [2.24, 2.45) is 5.92 Å². The Morgan fingerprint density at radius 1 is 1.02 bits per heavy atom. The second-order valence-corrected chi connectivity index (χ2v) is 12.9. The van der Waals surface area contributed by atoms with E-state index in [0.29, 0.717) is 41.7 Å². The number of benzene rings is 3. The number of fused-ring (bicyclic) bond motifs is 1. The number of aliphatic hydroxyl groups is 2. The van der Waals surface area contributed by atoms with Gasteiger partial charge in [-0.25, -0.2) is 0 Å². The topological polar surface area (TPSA) is 121 Å². The summed E-state index contributed by atoms with van der Waals surface area (Å²) in [5, 5.41) is 38.3. The first-order valence-electron chi connectivity index (χ1n) is 15.1. The van der Waals surface area contributed by atoms with Gasteiger partial charge in [-0.15, -0.1) is 0 Å². The van der Waals surface area contributed by atoms with Crippen LogP contribution in [0.1, 0.15) is 36.8 Å².